The SMILES string of the molecule is C[NH+]1CCOP([O-])OCC1. The van der Waals surface area contributed by atoms with Crippen molar-refractivity contribution in [1.29, 1.82) is 0 Å². The lowest BCUT2D eigenvalue weighted by atomic mass is 10.5. The van der Waals surface area contributed by atoms with E-state index in [9.17, 15) is 4.89 Å². The summed E-state index contributed by atoms with van der Waals surface area (Å²) in [4.78, 5) is 12.0. The van der Waals surface area contributed by atoms with E-state index in [4.69, 9.17) is 9.05 Å². The Bertz CT molecular complexity index is 82.9. The molecule has 1 fully saturated rings. The van der Waals surface area contributed by atoms with E-state index in [1.54, 1.807) is 0 Å². The minimum atomic E-state index is -1.82. The third kappa shape index (κ3) is 2.90. The molecule has 1 aliphatic rings. The summed E-state index contributed by atoms with van der Waals surface area (Å²) < 4.78 is 9.64. The third-order valence-electron chi connectivity index (χ3n) is 1.45. The number of hydrogen-bond acceptors (Lipinski definition) is 3. The van der Waals surface area contributed by atoms with Gasteiger partial charge in [0.15, 0.2) is 0 Å². The van der Waals surface area contributed by atoms with E-state index in [2.05, 4.69) is 7.05 Å². The van der Waals surface area contributed by atoms with E-state index in [1.165, 1.54) is 4.90 Å². The molecule has 0 radical (unpaired) electrons. The van der Waals surface area contributed by atoms with Crippen molar-refractivity contribution in [3.63, 3.8) is 0 Å². The van der Waals surface area contributed by atoms with Gasteiger partial charge in [0.05, 0.1) is 15.7 Å². The summed E-state index contributed by atoms with van der Waals surface area (Å²) in [7, 11) is 0.243. The Hall–Kier alpha value is 0.270. The van der Waals surface area contributed by atoms with Crippen LogP contribution in [0.4, 0.5) is 0 Å². The van der Waals surface area contributed by atoms with Crippen molar-refractivity contribution in [2.75, 3.05) is 33.4 Å². The topological polar surface area (TPSA) is 46.0 Å². The molecule has 10 heavy (non-hydrogen) atoms. The second-order valence-electron chi connectivity index (χ2n) is 2.35. The summed E-state index contributed by atoms with van der Waals surface area (Å²) >= 11 is 0. The maximum atomic E-state index is 10.6. The second kappa shape index (κ2) is 4.21. The molecule has 60 valence electrons. The van der Waals surface area contributed by atoms with Crippen LogP contribution in [-0.2, 0) is 9.05 Å². The van der Waals surface area contributed by atoms with Crippen LogP contribution in [0.2, 0.25) is 0 Å². The highest BCUT2D eigenvalue weighted by Crippen LogP contribution is 2.26. The van der Waals surface area contributed by atoms with Gasteiger partial charge in [-0.05, 0) is 0 Å². The predicted molar refractivity (Wildman–Crippen MR) is 35.4 cm³/mol. The monoisotopic (exact) mass is 165 g/mol. The van der Waals surface area contributed by atoms with Crippen molar-refractivity contribution >= 4 is 8.60 Å². The normalized spacial score (nSPS) is 36.6. The van der Waals surface area contributed by atoms with E-state index < -0.39 is 8.60 Å². The lowest BCUT2D eigenvalue weighted by Crippen LogP contribution is -3.10. The summed E-state index contributed by atoms with van der Waals surface area (Å²) in [6, 6.07) is 0. The molecule has 0 atom stereocenters. The van der Waals surface area contributed by atoms with Crippen LogP contribution in [-0.4, -0.2) is 33.4 Å². The number of likely N-dealkylation sites (N-methyl/N-ethyl adjacent to an activating group) is 1. The van der Waals surface area contributed by atoms with Crippen LogP contribution >= 0.6 is 8.60 Å². The molecule has 0 unspecified atom stereocenters. The fourth-order valence-corrected chi connectivity index (χ4v) is 1.31. The molecule has 5 heteroatoms. The van der Waals surface area contributed by atoms with Crippen molar-refractivity contribution in [2.45, 2.75) is 0 Å². The average molecular weight is 165 g/mol. The third-order valence-corrected chi connectivity index (χ3v) is 2.24. The standard InChI is InChI=1S/C5H11NO3P/c1-6-2-4-8-10(7)9-5-3-6/h2-5H2,1H3/q-1/p+1. The van der Waals surface area contributed by atoms with Crippen LogP contribution < -0.4 is 9.79 Å². The van der Waals surface area contributed by atoms with E-state index in [1.807, 2.05) is 0 Å². The Labute approximate surface area is 61.7 Å². The maximum absolute atomic E-state index is 10.6. The first-order valence-electron chi connectivity index (χ1n) is 3.33. The molecule has 0 bridgehead atoms. The number of nitrogens with one attached hydrogen (secondary N) is 1. The van der Waals surface area contributed by atoms with Gasteiger partial charge in [-0.1, -0.05) is 0 Å². The molecule has 0 spiro atoms. The summed E-state index contributed by atoms with van der Waals surface area (Å²) in [6.45, 7) is 2.87. The van der Waals surface area contributed by atoms with Gasteiger partial charge in [-0.15, -0.1) is 0 Å². The summed E-state index contributed by atoms with van der Waals surface area (Å²) in [5, 5.41) is 0. The molecule has 0 aliphatic carbocycles. The molecular weight excluding hydrogens is 153 g/mol. The summed E-state index contributed by atoms with van der Waals surface area (Å²) in [5.74, 6) is 0. The Balaban J connectivity index is 2.21. The van der Waals surface area contributed by atoms with Gasteiger partial charge in [0.1, 0.15) is 26.3 Å². The van der Waals surface area contributed by atoms with Crippen LogP contribution in [0.25, 0.3) is 0 Å². The van der Waals surface area contributed by atoms with Gasteiger partial charge in [-0.3, -0.25) is 0 Å². The first-order chi connectivity index (χ1) is 4.79. The zero-order valence-corrected chi connectivity index (χ0v) is 6.89. The van der Waals surface area contributed by atoms with Gasteiger partial charge in [0.2, 0.25) is 0 Å². The van der Waals surface area contributed by atoms with E-state index >= 15 is 0 Å². The molecule has 1 saturated heterocycles. The minimum absolute atomic E-state index is 0.529. The largest absolute Gasteiger partial charge is 0.786 e. The fourth-order valence-electron chi connectivity index (χ4n) is 0.751. The van der Waals surface area contributed by atoms with Crippen LogP contribution in [0, 0.1) is 0 Å². The van der Waals surface area contributed by atoms with Gasteiger partial charge in [0.25, 0.3) is 0 Å². The molecule has 1 rings (SSSR count). The molecule has 1 heterocycles. The molecular formula is C5H12NO3P. The number of hydrogen-bond donors (Lipinski definition) is 1. The highest BCUT2D eigenvalue weighted by molar-refractivity contribution is 7.39. The van der Waals surface area contributed by atoms with E-state index in [-0.39, 0.29) is 0 Å². The quantitative estimate of drug-likeness (QED) is 0.428. The second-order valence-corrected chi connectivity index (χ2v) is 3.31. The Morgan fingerprint density at radius 1 is 1.30 bits per heavy atom. The van der Waals surface area contributed by atoms with Crippen molar-refractivity contribution in [3.05, 3.63) is 0 Å². The van der Waals surface area contributed by atoms with Crippen LogP contribution in [0.15, 0.2) is 0 Å². The molecule has 0 saturated carbocycles. The molecule has 1 N–H and O–H groups in total. The first-order valence-corrected chi connectivity index (χ1v) is 4.43. The van der Waals surface area contributed by atoms with E-state index in [0.29, 0.717) is 13.2 Å². The van der Waals surface area contributed by atoms with Crippen LogP contribution in [0.5, 0.6) is 0 Å². The molecule has 0 aromatic carbocycles. The van der Waals surface area contributed by atoms with Gasteiger partial charge in [-0.25, -0.2) is 0 Å². The van der Waals surface area contributed by atoms with Crippen molar-refractivity contribution in [3.8, 4) is 0 Å². The van der Waals surface area contributed by atoms with Crippen molar-refractivity contribution in [1.82, 2.24) is 0 Å². The van der Waals surface area contributed by atoms with E-state index in [0.717, 1.165) is 13.1 Å². The lowest BCUT2D eigenvalue weighted by Gasteiger charge is -2.26. The average Bonchev–Trinajstić information content (AvgIpc) is 1.84. The minimum Gasteiger partial charge on any atom is -0.786 e. The Morgan fingerprint density at radius 3 is 2.30 bits per heavy atom. The molecule has 4 nitrogen and oxygen atoms in total. The number of quaternary nitrogens is 1. The smallest absolute Gasteiger partial charge is 0.101 e. The van der Waals surface area contributed by atoms with Gasteiger partial charge in [-0.2, -0.15) is 0 Å². The van der Waals surface area contributed by atoms with Crippen molar-refractivity contribution in [2.24, 2.45) is 0 Å². The zero-order chi connectivity index (χ0) is 7.40. The van der Waals surface area contributed by atoms with Gasteiger partial charge < -0.3 is 18.8 Å². The Kier molecular flexibility index (Phi) is 3.52. The lowest BCUT2D eigenvalue weighted by molar-refractivity contribution is -0.880. The molecule has 0 amide bonds. The summed E-state index contributed by atoms with van der Waals surface area (Å²) in [5.41, 5.74) is 0. The fraction of sp³-hybridized carbons (Fsp3) is 1.00. The molecule has 0 aromatic heterocycles. The number of rotatable bonds is 0. The molecule has 1 aliphatic heterocycles. The highest BCUT2D eigenvalue weighted by Gasteiger charge is 2.07. The highest BCUT2D eigenvalue weighted by atomic mass is 31.2. The predicted octanol–water partition coefficient (Wildman–Crippen LogP) is -1.86. The van der Waals surface area contributed by atoms with Gasteiger partial charge in [0, 0.05) is 0 Å². The Morgan fingerprint density at radius 2 is 1.80 bits per heavy atom. The van der Waals surface area contributed by atoms with Gasteiger partial charge >= 0.3 is 0 Å². The molecule has 0 aromatic rings. The zero-order valence-electron chi connectivity index (χ0n) is 6.00. The maximum Gasteiger partial charge on any atom is 0.101 e. The first kappa shape index (κ1) is 8.37. The van der Waals surface area contributed by atoms with Crippen molar-refractivity contribution < 1.29 is 18.8 Å². The van der Waals surface area contributed by atoms with Crippen LogP contribution in [0.1, 0.15) is 0 Å². The van der Waals surface area contributed by atoms with Crippen LogP contribution in [0.3, 0.4) is 0 Å². The summed E-state index contributed by atoms with van der Waals surface area (Å²) in [6.07, 6.45) is 0.